The average molecular weight is 406 g/mol. The molecule has 154 valence electrons. The molecule has 1 saturated heterocycles. The lowest BCUT2D eigenvalue weighted by molar-refractivity contribution is 0.174. The van der Waals surface area contributed by atoms with E-state index in [-0.39, 0.29) is 17.8 Å². The molecule has 1 aromatic carbocycles. The van der Waals surface area contributed by atoms with Gasteiger partial charge in [0, 0.05) is 44.5 Å². The van der Waals surface area contributed by atoms with Crippen molar-refractivity contribution in [3.63, 3.8) is 0 Å². The first-order chi connectivity index (χ1) is 14.6. The van der Waals surface area contributed by atoms with Crippen molar-refractivity contribution in [2.24, 2.45) is 7.05 Å². The second-order valence-corrected chi connectivity index (χ2v) is 8.37. The zero-order chi connectivity index (χ0) is 20.3. The van der Waals surface area contributed by atoms with Crippen LogP contribution in [0.15, 0.2) is 35.4 Å². The Morgan fingerprint density at radius 1 is 1.13 bits per heavy atom. The average Bonchev–Trinajstić information content (AvgIpc) is 3.52. The molecule has 0 amide bonds. The maximum atomic E-state index is 13.1. The zero-order valence-corrected chi connectivity index (χ0v) is 16.7. The van der Waals surface area contributed by atoms with Crippen molar-refractivity contribution in [3.8, 4) is 23.0 Å². The number of aryl methyl sites for hydroxylation is 1. The summed E-state index contributed by atoms with van der Waals surface area (Å²) in [6.45, 7) is 3.64. The van der Waals surface area contributed by atoms with Crippen molar-refractivity contribution in [1.29, 1.82) is 0 Å². The number of likely N-dealkylation sites (tertiary alicyclic amines) is 1. The Balaban J connectivity index is 1.26. The Bertz CT molecular complexity index is 1200. The van der Waals surface area contributed by atoms with Gasteiger partial charge in [0.05, 0.1) is 0 Å². The minimum absolute atomic E-state index is 0.0969. The molecule has 9 nitrogen and oxygen atoms in total. The minimum atomic E-state index is -0.108. The van der Waals surface area contributed by atoms with Gasteiger partial charge in [-0.05, 0) is 37.1 Å². The molecule has 0 aliphatic carbocycles. The first-order valence-electron chi connectivity index (χ1n) is 10.2. The van der Waals surface area contributed by atoms with E-state index in [1.54, 1.807) is 21.5 Å². The normalized spacial score (nSPS) is 22.2. The van der Waals surface area contributed by atoms with Crippen LogP contribution in [0.1, 0.15) is 24.2 Å². The van der Waals surface area contributed by atoms with E-state index in [1.165, 1.54) is 5.56 Å². The van der Waals surface area contributed by atoms with E-state index in [0.717, 1.165) is 49.8 Å². The van der Waals surface area contributed by atoms with Gasteiger partial charge in [0.2, 0.25) is 6.79 Å². The van der Waals surface area contributed by atoms with Gasteiger partial charge in [0.25, 0.3) is 5.56 Å². The molecule has 1 atom stereocenters. The van der Waals surface area contributed by atoms with Crippen LogP contribution >= 0.6 is 0 Å². The third-order valence-corrected chi connectivity index (χ3v) is 6.55. The van der Waals surface area contributed by atoms with Crippen molar-refractivity contribution >= 4 is 0 Å². The van der Waals surface area contributed by atoms with Crippen LogP contribution in [0.25, 0.3) is 11.5 Å². The summed E-state index contributed by atoms with van der Waals surface area (Å²) in [5.41, 5.74) is 1.31. The molecule has 3 aromatic rings. The second kappa shape index (κ2) is 6.40. The lowest BCUT2D eigenvalue weighted by Crippen LogP contribution is -2.33. The number of imidazole rings is 1. The fourth-order valence-corrected chi connectivity index (χ4v) is 4.97. The topological polar surface area (TPSA) is 87.3 Å². The highest BCUT2D eigenvalue weighted by atomic mass is 16.7. The Morgan fingerprint density at radius 2 is 2.00 bits per heavy atom. The first-order valence-corrected chi connectivity index (χ1v) is 10.2. The van der Waals surface area contributed by atoms with Gasteiger partial charge in [-0.15, -0.1) is 10.2 Å². The molecule has 30 heavy (non-hydrogen) atoms. The Morgan fingerprint density at radius 3 is 2.87 bits per heavy atom. The lowest BCUT2D eigenvalue weighted by Gasteiger charge is -2.23. The Labute approximate surface area is 172 Å². The van der Waals surface area contributed by atoms with E-state index in [1.807, 2.05) is 13.1 Å². The number of rotatable bonds is 3. The van der Waals surface area contributed by atoms with Gasteiger partial charge in [-0.2, -0.15) is 0 Å². The van der Waals surface area contributed by atoms with Gasteiger partial charge in [-0.1, -0.05) is 6.07 Å². The summed E-state index contributed by atoms with van der Waals surface area (Å²) in [5.74, 6) is 2.99. The highest BCUT2D eigenvalue weighted by Crippen LogP contribution is 2.41. The molecular formula is C21H22N6O3. The molecule has 1 spiro atoms. The fraction of sp³-hybridized carbons (Fsp3) is 0.429. The number of benzene rings is 1. The highest BCUT2D eigenvalue weighted by molar-refractivity contribution is 5.48. The zero-order valence-electron chi connectivity index (χ0n) is 16.7. The molecule has 3 aliphatic heterocycles. The summed E-state index contributed by atoms with van der Waals surface area (Å²) in [6.07, 6.45) is 5.37. The first kappa shape index (κ1) is 17.6. The third kappa shape index (κ3) is 2.58. The standard InChI is InChI=1S/C21H22N6O3/c1-25-9-6-22-18(25)17-19(28)27-8-5-21(20(27)24-23-17)4-7-26(12-21)11-14-2-3-15-16(10-14)30-13-29-15/h2-3,6,9-10H,4-5,7-8,11-13H2,1H3/t21-/m0/s1. The minimum Gasteiger partial charge on any atom is -0.454 e. The van der Waals surface area contributed by atoms with Crippen LogP contribution in [-0.4, -0.2) is 49.1 Å². The summed E-state index contributed by atoms with van der Waals surface area (Å²) in [5, 5.41) is 8.84. The number of aromatic nitrogens is 5. The number of nitrogens with zero attached hydrogens (tertiary/aromatic N) is 6. The van der Waals surface area contributed by atoms with Crippen molar-refractivity contribution in [2.75, 3.05) is 19.9 Å². The van der Waals surface area contributed by atoms with E-state index in [2.05, 4.69) is 32.2 Å². The fourth-order valence-electron chi connectivity index (χ4n) is 4.97. The van der Waals surface area contributed by atoms with E-state index >= 15 is 0 Å². The monoisotopic (exact) mass is 406 g/mol. The van der Waals surface area contributed by atoms with Gasteiger partial charge in [-0.3, -0.25) is 14.3 Å². The van der Waals surface area contributed by atoms with Crippen LogP contribution in [0.3, 0.4) is 0 Å². The van der Waals surface area contributed by atoms with E-state index in [0.29, 0.717) is 18.1 Å². The van der Waals surface area contributed by atoms with Gasteiger partial charge in [-0.25, -0.2) is 4.98 Å². The van der Waals surface area contributed by atoms with Crippen molar-refractivity contribution in [3.05, 3.63) is 52.3 Å². The largest absolute Gasteiger partial charge is 0.454 e. The summed E-state index contributed by atoms with van der Waals surface area (Å²) in [6, 6.07) is 6.11. The predicted octanol–water partition coefficient (Wildman–Crippen LogP) is 1.31. The maximum absolute atomic E-state index is 13.1. The summed E-state index contributed by atoms with van der Waals surface area (Å²) in [7, 11) is 1.85. The van der Waals surface area contributed by atoms with Crippen LogP contribution in [0.5, 0.6) is 11.5 Å². The van der Waals surface area contributed by atoms with Crippen molar-refractivity contribution in [2.45, 2.75) is 31.3 Å². The number of hydrogen-bond donors (Lipinski definition) is 0. The third-order valence-electron chi connectivity index (χ3n) is 6.55. The molecule has 2 aromatic heterocycles. The molecule has 0 N–H and O–H groups in total. The predicted molar refractivity (Wildman–Crippen MR) is 107 cm³/mol. The maximum Gasteiger partial charge on any atom is 0.283 e. The number of fused-ring (bicyclic) bond motifs is 3. The molecule has 5 heterocycles. The molecule has 9 heteroatoms. The summed E-state index contributed by atoms with van der Waals surface area (Å²) < 4.78 is 14.5. The Kier molecular flexibility index (Phi) is 3.76. The molecular weight excluding hydrogens is 384 g/mol. The molecule has 6 rings (SSSR count). The highest BCUT2D eigenvalue weighted by Gasteiger charge is 2.47. The van der Waals surface area contributed by atoms with Gasteiger partial charge in [0.15, 0.2) is 23.0 Å². The van der Waals surface area contributed by atoms with Crippen LogP contribution in [0, 0.1) is 0 Å². The summed E-state index contributed by atoms with van der Waals surface area (Å²) in [4.78, 5) is 19.8. The lowest BCUT2D eigenvalue weighted by atomic mass is 9.85. The quantitative estimate of drug-likeness (QED) is 0.648. The smallest absolute Gasteiger partial charge is 0.283 e. The van der Waals surface area contributed by atoms with Crippen LogP contribution in [0.4, 0.5) is 0 Å². The van der Waals surface area contributed by atoms with Crippen molar-refractivity contribution in [1.82, 2.24) is 29.2 Å². The van der Waals surface area contributed by atoms with E-state index < -0.39 is 0 Å². The molecule has 3 aliphatic rings. The van der Waals surface area contributed by atoms with Gasteiger partial charge >= 0.3 is 0 Å². The number of hydrogen-bond acceptors (Lipinski definition) is 7. The molecule has 0 radical (unpaired) electrons. The molecule has 0 bridgehead atoms. The second-order valence-electron chi connectivity index (χ2n) is 8.37. The molecule has 1 fully saturated rings. The molecule has 0 saturated carbocycles. The van der Waals surface area contributed by atoms with Gasteiger partial charge in [0.1, 0.15) is 5.82 Å². The summed E-state index contributed by atoms with van der Waals surface area (Å²) >= 11 is 0. The SMILES string of the molecule is Cn1ccnc1-c1nnc2n(c1=O)CC[C@]21CCN(Cc2ccc3c(c2)OCO3)C1. The Hall–Kier alpha value is -3.20. The van der Waals surface area contributed by atoms with E-state index in [4.69, 9.17) is 9.47 Å². The van der Waals surface area contributed by atoms with E-state index in [9.17, 15) is 4.79 Å². The van der Waals surface area contributed by atoms with Crippen molar-refractivity contribution < 1.29 is 9.47 Å². The molecule has 0 unspecified atom stereocenters. The van der Waals surface area contributed by atoms with Crippen LogP contribution in [0.2, 0.25) is 0 Å². The van der Waals surface area contributed by atoms with Crippen LogP contribution in [-0.2, 0) is 25.6 Å². The number of ether oxygens (including phenoxy) is 2. The van der Waals surface area contributed by atoms with Crippen LogP contribution < -0.4 is 15.0 Å². The van der Waals surface area contributed by atoms with Gasteiger partial charge < -0.3 is 14.0 Å².